The Morgan fingerprint density at radius 3 is 0.660 bits per heavy atom. The molecule has 9 heteroatoms. The van der Waals surface area contributed by atoms with E-state index in [0.29, 0.717) is 0 Å². The van der Waals surface area contributed by atoms with Gasteiger partial charge in [-0.2, -0.15) is 0 Å². The molecule has 6 nitrogen and oxygen atoms in total. The lowest BCUT2D eigenvalue weighted by Crippen LogP contribution is -2.58. The van der Waals surface area contributed by atoms with E-state index in [-0.39, 0.29) is 20.1 Å². The van der Waals surface area contributed by atoms with E-state index in [9.17, 15) is 0 Å². The summed E-state index contributed by atoms with van der Waals surface area (Å²) in [5.41, 5.74) is 37.6. The molecule has 662 valence electrons. The minimum Gasteiger partial charge on any atom is -0.312 e. The van der Waals surface area contributed by atoms with Crippen LogP contribution in [0.2, 0.25) is 0 Å². The van der Waals surface area contributed by atoms with Crippen molar-refractivity contribution in [3.63, 3.8) is 0 Å². The fourth-order valence-corrected chi connectivity index (χ4v) is 21.7. The molecule has 0 bridgehead atoms. The zero-order valence-electron chi connectivity index (χ0n) is 77.8. The van der Waals surface area contributed by atoms with Crippen molar-refractivity contribution >= 4 is 204 Å². The summed E-state index contributed by atoms with van der Waals surface area (Å²) in [5, 5.41) is 7.70. The Kier molecular flexibility index (Phi) is 23.4. The predicted octanol–water partition coefficient (Wildman–Crippen LogP) is 29.2. The molecule has 0 radical (unpaired) electrons. The molecule has 0 spiro atoms. The van der Waals surface area contributed by atoms with Crippen molar-refractivity contribution in [1.29, 1.82) is 0 Å². The minimum absolute atomic E-state index is 0.0517. The van der Waals surface area contributed by atoms with Gasteiger partial charge in [0.15, 0.2) is 0 Å². The number of rotatable bonds is 17. The summed E-state index contributed by atoms with van der Waals surface area (Å²) in [4.78, 5) is 14.2. The number of para-hydroxylation sites is 12. The molecule has 0 aromatic heterocycles. The van der Waals surface area contributed by atoms with Crippen LogP contribution in [0.25, 0.3) is 54.6 Å². The lowest BCUT2D eigenvalue weighted by atomic mass is 9.33. The molecule has 0 unspecified atom stereocenters. The Labute approximate surface area is 826 Å². The Morgan fingerprint density at radius 2 is 0.348 bits per heavy atom. The van der Waals surface area contributed by atoms with Crippen LogP contribution in [0.15, 0.2) is 576 Å². The van der Waals surface area contributed by atoms with Crippen LogP contribution in [0.4, 0.5) is 102 Å². The van der Waals surface area contributed by atoms with E-state index >= 15 is 0 Å². The summed E-state index contributed by atoms with van der Waals surface area (Å²) < 4.78 is 0. The summed E-state index contributed by atoms with van der Waals surface area (Å²) in [7, 11) is 0. The van der Waals surface area contributed by atoms with Gasteiger partial charge in [-0.1, -0.05) is 411 Å². The second-order valence-electron chi connectivity index (χ2n) is 36.1. The molecule has 141 heavy (non-hydrogen) atoms. The van der Waals surface area contributed by atoms with Crippen LogP contribution in [0.1, 0.15) is 0 Å². The number of nitrogens with zero attached hydrogens (tertiary/aromatic N) is 6. The Hall–Kier alpha value is -18.2. The van der Waals surface area contributed by atoms with Crippen molar-refractivity contribution in [3.05, 3.63) is 576 Å². The van der Waals surface area contributed by atoms with Gasteiger partial charge in [-0.15, -0.1) is 0 Å². The summed E-state index contributed by atoms with van der Waals surface area (Å²) >= 11 is 0. The number of benzene rings is 23. The number of hydrogen-bond acceptors (Lipinski definition) is 6. The molecule has 3 heterocycles. The number of fused-ring (bicyclic) bond motifs is 9. The highest BCUT2D eigenvalue weighted by Crippen LogP contribution is 2.46. The number of hydrogen-bond donors (Lipinski definition) is 0. The zero-order chi connectivity index (χ0) is 93.7. The third-order valence-electron chi connectivity index (χ3n) is 27.9. The van der Waals surface area contributed by atoms with Crippen molar-refractivity contribution in [2.24, 2.45) is 0 Å². The first-order valence-electron chi connectivity index (χ1n) is 48.6. The summed E-state index contributed by atoms with van der Waals surface area (Å²) in [6.45, 7) is 0.329. The topological polar surface area (TPSA) is 19.4 Å². The second-order valence-corrected chi connectivity index (χ2v) is 36.1. The van der Waals surface area contributed by atoms with E-state index in [1.54, 1.807) is 0 Å². The maximum Gasteiger partial charge on any atom is 0.248 e. The van der Waals surface area contributed by atoms with E-state index in [1.807, 2.05) is 0 Å². The second kappa shape index (κ2) is 38.5. The molecular formula is C132H95B3N6. The van der Waals surface area contributed by atoms with Gasteiger partial charge < -0.3 is 29.4 Å². The Morgan fingerprint density at radius 1 is 0.135 bits per heavy atom. The van der Waals surface area contributed by atoms with Crippen LogP contribution in [0.3, 0.4) is 0 Å². The monoisotopic (exact) mass is 1800 g/mol. The minimum atomic E-state index is 0.0517. The molecule has 26 rings (SSSR count). The SMILES string of the molecule is c1ccc(-c2ccc3ccccc3c2B2c3ccccc3N(c3ccc(N(c4ccccc4)c4ccccc4)cc3)c3ccccc32)cc1.c1ccc(N(c2ccccc2)c2ccc(-c3ccc(N4c5ccccc5B(c5cccc6ccccc56)c5ccccc54)cc3)cc2)cc1.c1ccc(N(c2ccccc2)c2ccc(N3c4ccccc4B(c4cccc5ccccc45)c4ccccc43)cc2)cc1. The molecule has 3 aliphatic heterocycles. The number of anilines is 18. The van der Waals surface area contributed by atoms with E-state index in [0.717, 1.165) is 68.2 Å². The van der Waals surface area contributed by atoms with Gasteiger partial charge in [-0.25, -0.2) is 0 Å². The molecule has 0 atom stereocenters. The van der Waals surface area contributed by atoms with Crippen molar-refractivity contribution in [2.45, 2.75) is 0 Å². The fraction of sp³-hybridized carbons (Fsp3) is 0. The van der Waals surface area contributed by atoms with Crippen LogP contribution in [-0.4, -0.2) is 20.1 Å². The molecule has 0 aliphatic carbocycles. The molecule has 3 aliphatic rings. The van der Waals surface area contributed by atoms with Crippen LogP contribution in [-0.2, 0) is 0 Å². The largest absolute Gasteiger partial charge is 0.312 e. The van der Waals surface area contributed by atoms with Gasteiger partial charge in [0.05, 0.1) is 0 Å². The average molecular weight is 1800 g/mol. The highest BCUT2D eigenvalue weighted by Gasteiger charge is 2.41. The van der Waals surface area contributed by atoms with Crippen LogP contribution >= 0.6 is 0 Å². The van der Waals surface area contributed by atoms with Gasteiger partial charge in [0, 0.05) is 102 Å². The van der Waals surface area contributed by atoms with Crippen LogP contribution < -0.4 is 78.6 Å². The molecule has 23 aromatic carbocycles. The van der Waals surface area contributed by atoms with Crippen molar-refractivity contribution in [1.82, 2.24) is 0 Å². The third-order valence-corrected chi connectivity index (χ3v) is 27.9. The normalized spacial score (nSPS) is 12.0. The van der Waals surface area contributed by atoms with Gasteiger partial charge in [0.2, 0.25) is 20.1 Å². The molecule has 0 saturated heterocycles. The van der Waals surface area contributed by atoms with E-state index in [4.69, 9.17) is 0 Å². The first kappa shape index (κ1) is 85.7. The summed E-state index contributed by atoms with van der Waals surface area (Å²) in [6, 6.07) is 208. The summed E-state index contributed by atoms with van der Waals surface area (Å²) in [5.74, 6) is 0. The highest BCUT2D eigenvalue weighted by atomic mass is 15.2. The van der Waals surface area contributed by atoms with Gasteiger partial charge in [-0.05, 0) is 269 Å². The first-order chi connectivity index (χ1) is 70.0. The molecule has 0 N–H and O–H groups in total. The maximum absolute atomic E-state index is 2.44. The lowest BCUT2D eigenvalue weighted by molar-refractivity contribution is 1.26. The summed E-state index contributed by atoms with van der Waals surface area (Å²) in [6.07, 6.45) is 0. The highest BCUT2D eigenvalue weighted by molar-refractivity contribution is 7.01. The van der Waals surface area contributed by atoms with E-state index in [1.165, 1.54) is 138 Å². The van der Waals surface area contributed by atoms with Gasteiger partial charge in [0.1, 0.15) is 0 Å². The lowest BCUT2D eigenvalue weighted by Gasteiger charge is -2.38. The standard InChI is InChI=1S/2C46H33BN2.C40H29BN2/c1-4-16-34(17-5-1)41-33-28-35-18-10-11-23-40(35)46(41)47-42-24-12-14-26-44(42)49(45-27-15-13-25-43(45)47)39-31-29-38(30-32-39)48(36-19-6-2-7-20-36)37-21-8-3-9-22-37;1-3-16-37(17-4-1)48(38-18-5-2-6-19-38)39-30-26-34(27-31-39)35-28-32-40(33-29-35)49-45-24-11-9-21-43(45)47(44-22-10-12-25-46(44)49)42-23-13-15-36-14-7-8-20-41(36)42;1-3-16-31(17-4-1)42(32-18-5-2-6-19-32)33-26-28-34(29-27-33)43-39-24-11-9-21-37(39)41(38-22-10-12-25-40(38)43)36-23-13-15-30-14-7-8-20-35(30)36/h2*1-33H;1-29H. The third kappa shape index (κ3) is 16.5. The van der Waals surface area contributed by atoms with Crippen LogP contribution in [0.5, 0.6) is 0 Å². The van der Waals surface area contributed by atoms with E-state index < -0.39 is 0 Å². The van der Waals surface area contributed by atoms with Crippen molar-refractivity contribution < 1.29 is 0 Å². The van der Waals surface area contributed by atoms with Gasteiger partial charge in [-0.3, -0.25) is 0 Å². The first-order valence-corrected chi connectivity index (χ1v) is 48.6. The Bertz CT molecular complexity index is 8110. The molecule has 0 amide bonds. The van der Waals surface area contributed by atoms with Crippen LogP contribution in [0, 0.1) is 0 Å². The maximum atomic E-state index is 2.44. The zero-order valence-corrected chi connectivity index (χ0v) is 77.8. The van der Waals surface area contributed by atoms with Crippen molar-refractivity contribution in [3.8, 4) is 22.3 Å². The average Bonchev–Trinajstić information content (AvgIpc) is 0.725. The van der Waals surface area contributed by atoms with Gasteiger partial charge >= 0.3 is 0 Å². The Balaban J connectivity index is 0.000000115. The molecule has 0 saturated carbocycles. The van der Waals surface area contributed by atoms with Gasteiger partial charge in [0.25, 0.3) is 0 Å². The molecule has 23 aromatic rings. The fourth-order valence-electron chi connectivity index (χ4n) is 21.7. The quantitative estimate of drug-likeness (QED) is 0.0841. The van der Waals surface area contributed by atoms with Crippen molar-refractivity contribution in [2.75, 3.05) is 29.4 Å². The smallest absolute Gasteiger partial charge is 0.248 e. The predicted molar refractivity (Wildman–Crippen MR) is 604 cm³/mol. The molecular weight excluding hydrogens is 1700 g/mol. The van der Waals surface area contributed by atoms with E-state index in [2.05, 4.69) is 606 Å². The molecule has 0 fully saturated rings.